The third kappa shape index (κ3) is 2.75. The van der Waals surface area contributed by atoms with E-state index in [1.54, 1.807) is 0 Å². The highest BCUT2D eigenvalue weighted by Gasteiger charge is 2.23. The van der Waals surface area contributed by atoms with Crippen LogP contribution in [0.3, 0.4) is 0 Å². The first-order chi connectivity index (χ1) is 7.16. The number of carbonyl (C=O) groups excluding carboxylic acids is 1. The molecule has 80 valence electrons. The van der Waals surface area contributed by atoms with Crippen LogP contribution in [0, 0.1) is 0 Å². The number of nitrogens with one attached hydrogen (secondary N) is 1. The summed E-state index contributed by atoms with van der Waals surface area (Å²) in [5.74, 6) is 0.0378. The van der Waals surface area contributed by atoms with Gasteiger partial charge in [0.05, 0.1) is 0 Å². The van der Waals surface area contributed by atoms with Crippen molar-refractivity contribution in [2.45, 2.75) is 31.1 Å². The Bertz CT molecular complexity index is 354. The summed E-state index contributed by atoms with van der Waals surface area (Å²) < 4.78 is 0. The first kappa shape index (κ1) is 10.6. The molecule has 1 atom stereocenters. The van der Waals surface area contributed by atoms with Gasteiger partial charge in [0.25, 0.3) is 5.91 Å². The molecule has 1 aliphatic rings. The fourth-order valence-electron chi connectivity index (χ4n) is 1.41. The van der Waals surface area contributed by atoms with Gasteiger partial charge in [0.15, 0.2) is 0 Å². The van der Waals surface area contributed by atoms with E-state index in [0.29, 0.717) is 6.04 Å². The van der Waals surface area contributed by atoms with Gasteiger partial charge in [-0.3, -0.25) is 4.79 Å². The van der Waals surface area contributed by atoms with Crippen molar-refractivity contribution < 1.29 is 4.79 Å². The number of carbonyl (C=O) groups is 1. The average molecular weight is 221 g/mol. The number of thiol groups is 1. The first-order valence-electron chi connectivity index (χ1n) is 5.25. The lowest BCUT2D eigenvalue weighted by Gasteiger charge is -2.06. The molecule has 1 N–H and O–H groups in total. The molecule has 0 saturated heterocycles. The van der Waals surface area contributed by atoms with Crippen LogP contribution in [0.1, 0.15) is 40.9 Å². The van der Waals surface area contributed by atoms with E-state index < -0.39 is 0 Å². The van der Waals surface area contributed by atoms with E-state index in [0.717, 1.165) is 24.0 Å². The van der Waals surface area contributed by atoms with Crippen molar-refractivity contribution >= 4 is 18.5 Å². The first-order valence-corrected chi connectivity index (χ1v) is 5.77. The van der Waals surface area contributed by atoms with Gasteiger partial charge in [-0.2, -0.15) is 12.6 Å². The summed E-state index contributed by atoms with van der Waals surface area (Å²) >= 11 is 4.34. The summed E-state index contributed by atoms with van der Waals surface area (Å²) in [6.07, 6.45) is 2.25. The minimum atomic E-state index is 0.0378. The smallest absolute Gasteiger partial charge is 0.251 e. The molecule has 0 heterocycles. The molecular formula is C12H15NOS. The molecular weight excluding hydrogens is 206 g/mol. The Morgan fingerprint density at radius 3 is 2.47 bits per heavy atom. The molecule has 15 heavy (non-hydrogen) atoms. The van der Waals surface area contributed by atoms with Gasteiger partial charge >= 0.3 is 0 Å². The van der Waals surface area contributed by atoms with Crippen molar-refractivity contribution in [1.82, 2.24) is 5.32 Å². The minimum absolute atomic E-state index is 0.0378. The van der Waals surface area contributed by atoms with Crippen LogP contribution in [-0.4, -0.2) is 11.9 Å². The highest BCUT2D eigenvalue weighted by Crippen LogP contribution is 2.21. The highest BCUT2D eigenvalue weighted by molar-refractivity contribution is 7.80. The number of hydrogen-bond donors (Lipinski definition) is 2. The Kier molecular flexibility index (Phi) is 3.00. The van der Waals surface area contributed by atoms with Crippen molar-refractivity contribution in [2.75, 3.05) is 0 Å². The standard InChI is InChI=1S/C12H15NOS/c1-8(15)9-2-4-10(5-3-9)12(14)13-11-6-7-11/h2-5,8,11,15H,6-7H2,1H3,(H,13,14). The molecule has 1 aliphatic carbocycles. The van der Waals surface area contributed by atoms with Crippen LogP contribution >= 0.6 is 12.6 Å². The van der Waals surface area contributed by atoms with Crippen molar-refractivity contribution in [3.05, 3.63) is 35.4 Å². The molecule has 0 bridgehead atoms. The molecule has 1 unspecified atom stereocenters. The molecule has 1 aromatic carbocycles. The summed E-state index contributed by atoms with van der Waals surface area (Å²) in [6, 6.07) is 8.05. The third-order valence-corrected chi connectivity index (χ3v) is 2.87. The molecule has 2 rings (SSSR count). The van der Waals surface area contributed by atoms with Crippen molar-refractivity contribution in [3.8, 4) is 0 Å². The van der Waals surface area contributed by atoms with Crippen LogP contribution < -0.4 is 5.32 Å². The SMILES string of the molecule is CC(S)c1ccc(C(=O)NC2CC2)cc1. The van der Waals surface area contributed by atoms with E-state index in [4.69, 9.17) is 0 Å². The van der Waals surface area contributed by atoms with E-state index in [1.165, 1.54) is 0 Å². The van der Waals surface area contributed by atoms with Crippen LogP contribution in [0.5, 0.6) is 0 Å². The van der Waals surface area contributed by atoms with Gasteiger partial charge in [-0.25, -0.2) is 0 Å². The number of benzene rings is 1. The zero-order valence-corrected chi connectivity index (χ0v) is 9.63. The second kappa shape index (κ2) is 4.27. The molecule has 2 nitrogen and oxygen atoms in total. The molecule has 1 aromatic rings. The molecule has 3 heteroatoms. The third-order valence-electron chi connectivity index (χ3n) is 2.57. The number of hydrogen-bond acceptors (Lipinski definition) is 2. The van der Waals surface area contributed by atoms with Crippen LogP contribution in [-0.2, 0) is 0 Å². The topological polar surface area (TPSA) is 29.1 Å². The number of amides is 1. The van der Waals surface area contributed by atoms with Crippen molar-refractivity contribution in [1.29, 1.82) is 0 Å². The van der Waals surface area contributed by atoms with Gasteiger partial charge in [-0.1, -0.05) is 12.1 Å². The highest BCUT2D eigenvalue weighted by atomic mass is 32.1. The second-order valence-corrected chi connectivity index (χ2v) is 4.82. The second-order valence-electron chi connectivity index (χ2n) is 4.05. The Hall–Kier alpha value is -0.960. The molecule has 0 spiro atoms. The van der Waals surface area contributed by atoms with Gasteiger partial charge in [0.2, 0.25) is 0 Å². The molecule has 0 aromatic heterocycles. The normalized spacial score (nSPS) is 17.2. The lowest BCUT2D eigenvalue weighted by Crippen LogP contribution is -2.25. The van der Waals surface area contributed by atoms with Gasteiger partial charge in [0, 0.05) is 16.9 Å². The van der Waals surface area contributed by atoms with Gasteiger partial charge < -0.3 is 5.32 Å². The summed E-state index contributed by atoms with van der Waals surface area (Å²) in [5, 5.41) is 3.17. The average Bonchev–Trinajstić information content (AvgIpc) is 3.02. The van der Waals surface area contributed by atoms with Gasteiger partial charge in [-0.05, 0) is 37.5 Å². The molecule has 1 saturated carbocycles. The zero-order chi connectivity index (χ0) is 10.8. The molecule has 0 aliphatic heterocycles. The van der Waals surface area contributed by atoms with Crippen molar-refractivity contribution in [2.24, 2.45) is 0 Å². The Morgan fingerprint density at radius 1 is 1.40 bits per heavy atom. The predicted molar refractivity (Wildman–Crippen MR) is 64.3 cm³/mol. The van der Waals surface area contributed by atoms with Crippen LogP contribution in [0.15, 0.2) is 24.3 Å². The van der Waals surface area contributed by atoms with E-state index >= 15 is 0 Å². The quantitative estimate of drug-likeness (QED) is 0.755. The fourth-order valence-corrected chi connectivity index (χ4v) is 1.58. The summed E-state index contributed by atoms with van der Waals surface area (Å²) in [7, 11) is 0. The van der Waals surface area contributed by atoms with Crippen molar-refractivity contribution in [3.63, 3.8) is 0 Å². The van der Waals surface area contributed by atoms with Crippen LogP contribution in [0.25, 0.3) is 0 Å². The fraction of sp³-hybridized carbons (Fsp3) is 0.417. The van der Waals surface area contributed by atoms with E-state index in [1.807, 2.05) is 31.2 Å². The summed E-state index contributed by atoms with van der Waals surface area (Å²) in [5.41, 5.74) is 1.88. The summed E-state index contributed by atoms with van der Waals surface area (Å²) in [6.45, 7) is 2.02. The Labute approximate surface area is 95.5 Å². The van der Waals surface area contributed by atoms with Gasteiger partial charge in [-0.15, -0.1) is 0 Å². The maximum absolute atomic E-state index is 11.6. The maximum Gasteiger partial charge on any atom is 0.251 e. The Balaban J connectivity index is 2.04. The van der Waals surface area contributed by atoms with Gasteiger partial charge in [0.1, 0.15) is 0 Å². The van der Waals surface area contributed by atoms with E-state index in [2.05, 4.69) is 17.9 Å². The zero-order valence-electron chi connectivity index (χ0n) is 8.73. The van der Waals surface area contributed by atoms with E-state index in [-0.39, 0.29) is 11.2 Å². The largest absolute Gasteiger partial charge is 0.349 e. The Morgan fingerprint density at radius 2 is 2.00 bits per heavy atom. The predicted octanol–water partition coefficient (Wildman–Crippen LogP) is 2.57. The van der Waals surface area contributed by atoms with Crippen LogP contribution in [0.4, 0.5) is 0 Å². The minimum Gasteiger partial charge on any atom is -0.349 e. The lowest BCUT2D eigenvalue weighted by atomic mass is 10.1. The lowest BCUT2D eigenvalue weighted by molar-refractivity contribution is 0.0951. The maximum atomic E-state index is 11.6. The molecule has 0 radical (unpaired) electrons. The number of rotatable bonds is 3. The van der Waals surface area contributed by atoms with E-state index in [9.17, 15) is 4.79 Å². The molecule has 1 amide bonds. The summed E-state index contributed by atoms with van der Waals surface area (Å²) in [4.78, 5) is 11.6. The monoisotopic (exact) mass is 221 g/mol. The molecule has 1 fully saturated rings. The van der Waals surface area contributed by atoms with Crippen LogP contribution in [0.2, 0.25) is 0 Å².